The average molecular weight is 241 g/mol. The lowest BCUT2D eigenvalue weighted by atomic mass is 9.98. The molecule has 0 aliphatic carbocycles. The van der Waals surface area contributed by atoms with Crippen LogP contribution < -0.4 is 5.32 Å². The smallest absolute Gasteiger partial charge is 0.163 e. The maximum Gasteiger partial charge on any atom is 0.163 e. The van der Waals surface area contributed by atoms with Crippen LogP contribution in [0.25, 0.3) is 0 Å². The van der Waals surface area contributed by atoms with Crippen LogP contribution in [0.1, 0.15) is 31.4 Å². The molecule has 0 bridgehead atoms. The lowest BCUT2D eigenvalue weighted by Gasteiger charge is -2.24. The maximum absolute atomic E-state index is 13.8. The highest BCUT2D eigenvalue weighted by Crippen LogP contribution is 2.29. The molecular weight excluding hydrogens is 224 g/mol. The van der Waals surface area contributed by atoms with Crippen molar-refractivity contribution in [3.05, 3.63) is 35.4 Å². The minimum atomic E-state index is -0.802. The standard InChI is InChI=1S/C13H17F2NO/c1-2-16-13(11-7-4-8-17-11)9-5-3-6-10(14)12(9)15/h3,5-6,11,13,16H,2,4,7-8H2,1H3. The number of ether oxygens (including phenoxy) is 1. The first-order valence-corrected chi connectivity index (χ1v) is 6.03. The minimum Gasteiger partial charge on any atom is -0.376 e. The monoisotopic (exact) mass is 241 g/mol. The molecule has 2 rings (SSSR count). The van der Waals surface area contributed by atoms with Gasteiger partial charge in [0, 0.05) is 12.2 Å². The molecule has 1 N–H and O–H groups in total. The van der Waals surface area contributed by atoms with Crippen LogP contribution in [-0.2, 0) is 4.74 Å². The zero-order valence-electron chi connectivity index (χ0n) is 9.88. The molecule has 2 nitrogen and oxygen atoms in total. The molecule has 0 amide bonds. The molecule has 0 saturated carbocycles. The van der Waals surface area contributed by atoms with Gasteiger partial charge in [0.25, 0.3) is 0 Å². The second-order valence-electron chi connectivity index (χ2n) is 4.23. The predicted octanol–water partition coefficient (Wildman–Crippen LogP) is 2.79. The Bertz CT molecular complexity index is 378. The first-order valence-electron chi connectivity index (χ1n) is 6.03. The van der Waals surface area contributed by atoms with Gasteiger partial charge in [-0.3, -0.25) is 0 Å². The van der Waals surface area contributed by atoms with E-state index in [1.54, 1.807) is 6.07 Å². The van der Waals surface area contributed by atoms with Gasteiger partial charge in [-0.1, -0.05) is 19.1 Å². The predicted molar refractivity (Wildman–Crippen MR) is 61.7 cm³/mol. The van der Waals surface area contributed by atoms with Crippen molar-refractivity contribution in [2.75, 3.05) is 13.2 Å². The summed E-state index contributed by atoms with van der Waals surface area (Å²) in [5, 5.41) is 3.18. The zero-order chi connectivity index (χ0) is 12.3. The number of rotatable bonds is 4. The van der Waals surface area contributed by atoms with Crippen LogP contribution in [0.2, 0.25) is 0 Å². The van der Waals surface area contributed by atoms with Crippen LogP contribution >= 0.6 is 0 Å². The Morgan fingerprint density at radius 2 is 2.29 bits per heavy atom. The summed E-state index contributed by atoms with van der Waals surface area (Å²) in [6.45, 7) is 3.34. The van der Waals surface area contributed by atoms with Crippen molar-refractivity contribution in [1.82, 2.24) is 5.32 Å². The zero-order valence-corrected chi connectivity index (χ0v) is 9.88. The third-order valence-electron chi connectivity index (χ3n) is 3.08. The van der Waals surface area contributed by atoms with E-state index in [1.165, 1.54) is 6.07 Å². The highest BCUT2D eigenvalue weighted by Gasteiger charge is 2.29. The number of nitrogens with one attached hydrogen (secondary N) is 1. The molecule has 2 atom stereocenters. The lowest BCUT2D eigenvalue weighted by Crippen LogP contribution is -2.32. The molecule has 1 aromatic carbocycles. The van der Waals surface area contributed by atoms with E-state index >= 15 is 0 Å². The molecule has 1 aromatic rings. The van der Waals surface area contributed by atoms with Crippen molar-refractivity contribution >= 4 is 0 Å². The summed E-state index contributed by atoms with van der Waals surface area (Å²) < 4.78 is 32.5. The Hall–Kier alpha value is -1.00. The van der Waals surface area contributed by atoms with Crippen LogP contribution in [-0.4, -0.2) is 19.3 Å². The van der Waals surface area contributed by atoms with E-state index in [0.29, 0.717) is 18.7 Å². The fourth-order valence-electron chi connectivity index (χ4n) is 2.29. The van der Waals surface area contributed by atoms with Gasteiger partial charge in [-0.2, -0.15) is 0 Å². The number of hydrogen-bond donors (Lipinski definition) is 1. The SMILES string of the molecule is CCNC(c1cccc(F)c1F)C1CCCO1. The van der Waals surface area contributed by atoms with Gasteiger partial charge < -0.3 is 10.1 Å². The van der Waals surface area contributed by atoms with Gasteiger partial charge in [-0.15, -0.1) is 0 Å². The van der Waals surface area contributed by atoms with E-state index in [0.717, 1.165) is 18.9 Å². The fourth-order valence-corrected chi connectivity index (χ4v) is 2.29. The van der Waals surface area contributed by atoms with Gasteiger partial charge in [0.1, 0.15) is 0 Å². The summed E-state index contributed by atoms with van der Waals surface area (Å²) in [4.78, 5) is 0. The Morgan fingerprint density at radius 1 is 1.47 bits per heavy atom. The molecule has 4 heteroatoms. The topological polar surface area (TPSA) is 21.3 Å². The second kappa shape index (κ2) is 5.56. The molecular formula is C13H17F2NO. The Labute approximate surface area is 100.0 Å². The lowest BCUT2D eigenvalue weighted by molar-refractivity contribution is 0.0774. The van der Waals surface area contributed by atoms with E-state index in [9.17, 15) is 8.78 Å². The van der Waals surface area contributed by atoms with Crippen LogP contribution in [0.15, 0.2) is 18.2 Å². The summed E-state index contributed by atoms with van der Waals surface area (Å²) in [5.41, 5.74) is 0.360. The van der Waals surface area contributed by atoms with Gasteiger partial charge in [0.2, 0.25) is 0 Å². The first-order chi connectivity index (χ1) is 8.24. The number of hydrogen-bond acceptors (Lipinski definition) is 2. The van der Waals surface area contributed by atoms with Crippen molar-refractivity contribution in [2.45, 2.75) is 31.9 Å². The average Bonchev–Trinajstić information content (AvgIpc) is 2.84. The largest absolute Gasteiger partial charge is 0.376 e. The van der Waals surface area contributed by atoms with Gasteiger partial charge in [0.15, 0.2) is 11.6 Å². The number of benzene rings is 1. The quantitative estimate of drug-likeness (QED) is 0.875. The minimum absolute atomic E-state index is 0.0637. The molecule has 1 heterocycles. The Balaban J connectivity index is 2.27. The van der Waals surface area contributed by atoms with Crippen molar-refractivity contribution in [3.63, 3.8) is 0 Å². The second-order valence-corrected chi connectivity index (χ2v) is 4.23. The molecule has 17 heavy (non-hydrogen) atoms. The van der Waals surface area contributed by atoms with E-state index in [1.807, 2.05) is 6.92 Å². The van der Waals surface area contributed by atoms with Crippen molar-refractivity contribution in [2.24, 2.45) is 0 Å². The van der Waals surface area contributed by atoms with Crippen LogP contribution in [0.5, 0.6) is 0 Å². The molecule has 2 unspecified atom stereocenters. The maximum atomic E-state index is 13.8. The molecule has 1 saturated heterocycles. The third-order valence-corrected chi connectivity index (χ3v) is 3.08. The van der Waals surface area contributed by atoms with E-state index < -0.39 is 11.6 Å². The summed E-state index contributed by atoms with van der Waals surface area (Å²) in [6.07, 6.45) is 1.79. The fraction of sp³-hybridized carbons (Fsp3) is 0.538. The van der Waals surface area contributed by atoms with Crippen molar-refractivity contribution < 1.29 is 13.5 Å². The van der Waals surface area contributed by atoms with Gasteiger partial charge in [-0.25, -0.2) is 8.78 Å². The van der Waals surface area contributed by atoms with E-state index in [-0.39, 0.29) is 12.1 Å². The summed E-state index contributed by atoms with van der Waals surface area (Å²) in [7, 11) is 0. The van der Waals surface area contributed by atoms with Gasteiger partial charge in [-0.05, 0) is 25.5 Å². The van der Waals surface area contributed by atoms with Crippen LogP contribution in [0.4, 0.5) is 8.78 Å². The summed E-state index contributed by atoms with van der Waals surface area (Å²) >= 11 is 0. The highest BCUT2D eigenvalue weighted by atomic mass is 19.2. The molecule has 0 aromatic heterocycles. The Kier molecular flexibility index (Phi) is 4.07. The molecule has 1 aliphatic rings. The van der Waals surface area contributed by atoms with E-state index in [4.69, 9.17) is 4.74 Å². The third kappa shape index (κ3) is 2.64. The Morgan fingerprint density at radius 3 is 2.94 bits per heavy atom. The summed E-state index contributed by atoms with van der Waals surface area (Å²) in [5.74, 6) is -1.57. The first kappa shape index (κ1) is 12.5. The van der Waals surface area contributed by atoms with Crippen molar-refractivity contribution in [3.8, 4) is 0 Å². The summed E-state index contributed by atoms with van der Waals surface area (Å²) in [6, 6.07) is 4.02. The normalized spacial score (nSPS) is 21.7. The molecule has 1 aliphatic heterocycles. The van der Waals surface area contributed by atoms with Crippen LogP contribution in [0, 0.1) is 11.6 Å². The van der Waals surface area contributed by atoms with E-state index in [2.05, 4.69) is 5.32 Å². The van der Waals surface area contributed by atoms with Gasteiger partial charge >= 0.3 is 0 Å². The van der Waals surface area contributed by atoms with Gasteiger partial charge in [0.05, 0.1) is 12.1 Å². The van der Waals surface area contributed by atoms with Crippen LogP contribution in [0.3, 0.4) is 0 Å². The molecule has 94 valence electrons. The van der Waals surface area contributed by atoms with Crippen molar-refractivity contribution in [1.29, 1.82) is 0 Å². The number of halogens is 2. The molecule has 1 fully saturated rings. The molecule has 0 spiro atoms. The molecule has 0 radical (unpaired) electrons. The highest BCUT2D eigenvalue weighted by molar-refractivity contribution is 5.24. The number of likely N-dealkylation sites (N-methyl/N-ethyl adjacent to an activating group) is 1.